The number of rotatable bonds is 11. The highest BCUT2D eigenvalue weighted by molar-refractivity contribution is 8.13. The molecule has 0 aromatic carbocycles. The van der Waals surface area contributed by atoms with E-state index in [9.17, 15) is 0 Å². The molecule has 0 aromatic rings. The van der Waals surface area contributed by atoms with Crippen LogP contribution in [0.4, 0.5) is 0 Å². The highest BCUT2D eigenvalue weighted by Gasteiger charge is 2.03. The van der Waals surface area contributed by atoms with Crippen molar-refractivity contribution in [3.05, 3.63) is 0 Å². The molecule has 0 amide bonds. The second-order valence-electron chi connectivity index (χ2n) is 5.50. The van der Waals surface area contributed by atoms with Crippen molar-refractivity contribution >= 4 is 16.9 Å². The number of thioether (sulfide) groups is 1. The quantitative estimate of drug-likeness (QED) is 0.541. The fourth-order valence-electron chi connectivity index (χ4n) is 2.37. The second-order valence-corrected chi connectivity index (χ2v) is 6.58. The first-order valence-corrected chi connectivity index (χ1v) is 9.33. The molecule has 1 N–H and O–H groups in total. The van der Waals surface area contributed by atoms with E-state index in [1.165, 1.54) is 81.5 Å². The average molecular weight is 285 g/mol. The van der Waals surface area contributed by atoms with Gasteiger partial charge < -0.3 is 5.32 Å². The van der Waals surface area contributed by atoms with Crippen LogP contribution in [0.25, 0.3) is 0 Å². The smallest absolute Gasteiger partial charge is 0.156 e. The highest BCUT2D eigenvalue weighted by atomic mass is 32.2. The van der Waals surface area contributed by atoms with Gasteiger partial charge in [0.2, 0.25) is 0 Å². The first kappa shape index (κ1) is 16.9. The maximum atomic E-state index is 4.48. The first-order valence-electron chi connectivity index (χ1n) is 8.34. The molecule has 1 rings (SSSR count). The standard InChI is InChI=1S/C16H32N2S/c1-2-3-4-5-6-7-8-9-10-11-15-19-16-17-13-12-14-18-16/h2-15H2,1H3,(H,17,18). The molecular weight excluding hydrogens is 252 g/mol. The molecule has 3 heteroatoms. The van der Waals surface area contributed by atoms with Gasteiger partial charge in [-0.3, -0.25) is 4.99 Å². The Morgan fingerprint density at radius 2 is 1.58 bits per heavy atom. The summed E-state index contributed by atoms with van der Waals surface area (Å²) in [5.41, 5.74) is 0. The fraction of sp³-hybridized carbons (Fsp3) is 0.938. The number of unbranched alkanes of at least 4 members (excludes halogenated alkanes) is 9. The van der Waals surface area contributed by atoms with E-state index in [-0.39, 0.29) is 0 Å². The summed E-state index contributed by atoms with van der Waals surface area (Å²) >= 11 is 1.91. The van der Waals surface area contributed by atoms with Gasteiger partial charge in [0.15, 0.2) is 5.17 Å². The molecule has 19 heavy (non-hydrogen) atoms. The summed E-state index contributed by atoms with van der Waals surface area (Å²) in [6.07, 6.45) is 15.4. The molecule has 112 valence electrons. The summed E-state index contributed by atoms with van der Waals surface area (Å²) in [5.74, 6) is 1.24. The molecule has 1 aliphatic rings. The molecule has 0 atom stereocenters. The van der Waals surface area contributed by atoms with E-state index in [1.54, 1.807) is 0 Å². The minimum absolute atomic E-state index is 1.02. The lowest BCUT2D eigenvalue weighted by Crippen LogP contribution is -2.26. The second kappa shape index (κ2) is 12.8. The molecule has 0 aliphatic carbocycles. The lowest BCUT2D eigenvalue weighted by atomic mass is 10.1. The summed E-state index contributed by atoms with van der Waals surface area (Å²) in [7, 11) is 0. The van der Waals surface area contributed by atoms with Gasteiger partial charge in [-0.15, -0.1) is 0 Å². The van der Waals surface area contributed by atoms with Gasteiger partial charge in [-0.2, -0.15) is 0 Å². The molecule has 1 heterocycles. The van der Waals surface area contributed by atoms with E-state index in [1.807, 2.05) is 11.8 Å². The Hall–Kier alpha value is -0.180. The van der Waals surface area contributed by atoms with Gasteiger partial charge in [-0.1, -0.05) is 76.5 Å². The molecule has 0 saturated carbocycles. The fourth-order valence-corrected chi connectivity index (χ4v) is 3.29. The van der Waals surface area contributed by atoms with Crippen molar-refractivity contribution in [2.45, 2.75) is 77.6 Å². The van der Waals surface area contributed by atoms with Crippen molar-refractivity contribution in [3.8, 4) is 0 Å². The van der Waals surface area contributed by atoms with Crippen molar-refractivity contribution in [3.63, 3.8) is 0 Å². The van der Waals surface area contributed by atoms with Crippen molar-refractivity contribution in [2.75, 3.05) is 18.8 Å². The van der Waals surface area contributed by atoms with Crippen LogP contribution in [-0.4, -0.2) is 24.0 Å². The molecule has 1 aliphatic heterocycles. The Morgan fingerprint density at radius 1 is 0.947 bits per heavy atom. The topological polar surface area (TPSA) is 24.4 Å². The Balaban J connectivity index is 1.75. The largest absolute Gasteiger partial charge is 0.365 e. The number of hydrogen-bond donors (Lipinski definition) is 1. The van der Waals surface area contributed by atoms with Gasteiger partial charge in [0.05, 0.1) is 0 Å². The van der Waals surface area contributed by atoms with Crippen LogP contribution in [0, 0.1) is 0 Å². The van der Waals surface area contributed by atoms with E-state index in [0.29, 0.717) is 0 Å². The first-order chi connectivity index (χ1) is 9.43. The van der Waals surface area contributed by atoms with Crippen LogP contribution < -0.4 is 5.32 Å². The van der Waals surface area contributed by atoms with E-state index >= 15 is 0 Å². The summed E-state index contributed by atoms with van der Waals surface area (Å²) in [6, 6.07) is 0. The van der Waals surface area contributed by atoms with Crippen LogP contribution in [-0.2, 0) is 0 Å². The molecule has 0 unspecified atom stereocenters. The zero-order valence-electron chi connectivity index (χ0n) is 12.8. The molecule has 2 nitrogen and oxygen atoms in total. The van der Waals surface area contributed by atoms with E-state index in [4.69, 9.17) is 0 Å². The predicted molar refractivity (Wildman–Crippen MR) is 89.2 cm³/mol. The van der Waals surface area contributed by atoms with E-state index in [2.05, 4.69) is 17.2 Å². The highest BCUT2D eigenvalue weighted by Crippen LogP contribution is 2.13. The molecule has 0 saturated heterocycles. The summed E-state index contributed by atoms with van der Waals surface area (Å²) in [4.78, 5) is 4.48. The maximum Gasteiger partial charge on any atom is 0.156 e. The number of nitrogens with zero attached hydrogens (tertiary/aromatic N) is 1. The third-order valence-corrected chi connectivity index (χ3v) is 4.64. The van der Waals surface area contributed by atoms with Crippen LogP contribution in [0.3, 0.4) is 0 Å². The molecule has 0 bridgehead atoms. The van der Waals surface area contributed by atoms with Gasteiger partial charge in [0.1, 0.15) is 0 Å². The van der Waals surface area contributed by atoms with Crippen molar-refractivity contribution in [1.82, 2.24) is 5.32 Å². The molecule has 0 aromatic heterocycles. The Bertz CT molecular complexity index is 229. The van der Waals surface area contributed by atoms with Crippen LogP contribution in [0.15, 0.2) is 4.99 Å². The van der Waals surface area contributed by atoms with Gasteiger partial charge in [-0.25, -0.2) is 0 Å². The van der Waals surface area contributed by atoms with Gasteiger partial charge in [-0.05, 0) is 12.8 Å². The Labute approximate surface area is 124 Å². The SMILES string of the molecule is CCCCCCCCCCCCSC1=NCCCN1. The number of amidine groups is 1. The van der Waals surface area contributed by atoms with Gasteiger partial charge >= 0.3 is 0 Å². The number of hydrogen-bond acceptors (Lipinski definition) is 3. The molecule has 0 spiro atoms. The summed E-state index contributed by atoms with van der Waals surface area (Å²) in [5, 5.41) is 4.55. The zero-order valence-corrected chi connectivity index (χ0v) is 13.6. The van der Waals surface area contributed by atoms with Gasteiger partial charge in [0.25, 0.3) is 0 Å². The Kier molecular flexibility index (Phi) is 11.4. The molecular formula is C16H32N2S. The third kappa shape index (κ3) is 10.3. The predicted octanol–water partition coefficient (Wildman–Crippen LogP) is 4.99. The van der Waals surface area contributed by atoms with Gasteiger partial charge in [0, 0.05) is 18.8 Å². The summed E-state index contributed by atoms with van der Waals surface area (Å²) in [6.45, 7) is 4.42. The minimum atomic E-state index is 1.02. The van der Waals surface area contributed by atoms with Crippen molar-refractivity contribution in [1.29, 1.82) is 0 Å². The average Bonchev–Trinajstić information content (AvgIpc) is 2.46. The van der Waals surface area contributed by atoms with Crippen LogP contribution in [0.2, 0.25) is 0 Å². The van der Waals surface area contributed by atoms with Crippen molar-refractivity contribution in [2.24, 2.45) is 4.99 Å². The lowest BCUT2D eigenvalue weighted by molar-refractivity contribution is 0.563. The number of nitrogens with one attached hydrogen (secondary N) is 1. The van der Waals surface area contributed by atoms with Crippen LogP contribution >= 0.6 is 11.8 Å². The Morgan fingerprint density at radius 3 is 2.16 bits per heavy atom. The minimum Gasteiger partial charge on any atom is -0.365 e. The van der Waals surface area contributed by atoms with Crippen molar-refractivity contribution < 1.29 is 0 Å². The third-order valence-electron chi connectivity index (χ3n) is 3.60. The number of aliphatic imine (C=N–C) groups is 1. The summed E-state index contributed by atoms with van der Waals surface area (Å²) < 4.78 is 0. The van der Waals surface area contributed by atoms with E-state index in [0.717, 1.165) is 13.1 Å². The monoisotopic (exact) mass is 284 g/mol. The normalized spacial score (nSPS) is 15.1. The molecule has 0 fully saturated rings. The maximum absolute atomic E-state index is 4.48. The zero-order chi connectivity index (χ0) is 13.6. The molecule has 0 radical (unpaired) electrons. The lowest BCUT2D eigenvalue weighted by Gasteiger charge is -2.13. The van der Waals surface area contributed by atoms with E-state index < -0.39 is 0 Å². The van der Waals surface area contributed by atoms with Crippen LogP contribution in [0.5, 0.6) is 0 Å². The van der Waals surface area contributed by atoms with Crippen LogP contribution in [0.1, 0.15) is 77.6 Å².